The minimum absolute atomic E-state index is 0.00585. The Morgan fingerprint density at radius 3 is 2.71 bits per heavy atom. The van der Waals surface area contributed by atoms with Crippen LogP contribution in [-0.4, -0.2) is 27.7 Å². The molecule has 1 aromatic carbocycles. The van der Waals surface area contributed by atoms with Gasteiger partial charge in [-0.1, -0.05) is 26.0 Å². The van der Waals surface area contributed by atoms with Crippen LogP contribution in [0.2, 0.25) is 0 Å². The van der Waals surface area contributed by atoms with Crippen molar-refractivity contribution in [3.05, 3.63) is 69.0 Å². The van der Waals surface area contributed by atoms with Gasteiger partial charge in [0.2, 0.25) is 5.76 Å². The normalized spacial score (nSPS) is 11.4. The second-order valence-corrected chi connectivity index (χ2v) is 8.74. The number of rotatable bonds is 6. The molecule has 8 heteroatoms. The minimum Gasteiger partial charge on any atom is -0.497 e. The van der Waals surface area contributed by atoms with Gasteiger partial charge in [0.1, 0.15) is 22.2 Å². The van der Waals surface area contributed by atoms with Crippen LogP contribution < -0.4 is 10.3 Å². The number of methoxy groups -OCH3 is 1. The topological polar surface area (TPSA) is 94.6 Å². The van der Waals surface area contributed by atoms with E-state index in [0.29, 0.717) is 27.6 Å². The highest BCUT2D eigenvalue weighted by Gasteiger charge is 2.22. The molecule has 0 aliphatic carbocycles. The zero-order chi connectivity index (χ0) is 22.3. The van der Waals surface area contributed by atoms with E-state index < -0.39 is 5.97 Å². The molecule has 4 rings (SSSR count). The van der Waals surface area contributed by atoms with Crippen molar-refractivity contribution in [1.29, 1.82) is 0 Å². The lowest BCUT2D eigenvalue weighted by Gasteiger charge is -2.14. The second kappa shape index (κ2) is 8.03. The first-order chi connectivity index (χ1) is 14.8. The third kappa shape index (κ3) is 3.74. The van der Waals surface area contributed by atoms with Crippen molar-refractivity contribution in [2.45, 2.75) is 33.2 Å². The number of benzene rings is 1. The first-order valence-electron chi connectivity index (χ1n) is 9.80. The molecule has 0 aliphatic heterocycles. The highest BCUT2D eigenvalue weighted by molar-refractivity contribution is 7.19. The van der Waals surface area contributed by atoms with Crippen LogP contribution >= 0.6 is 11.3 Å². The molecular weight excluding hydrogens is 416 g/mol. The van der Waals surface area contributed by atoms with Crippen molar-refractivity contribution in [2.24, 2.45) is 0 Å². The number of furan rings is 1. The van der Waals surface area contributed by atoms with Crippen LogP contribution in [-0.2, 0) is 6.54 Å². The molecule has 7 nitrogen and oxygen atoms in total. The van der Waals surface area contributed by atoms with E-state index in [1.807, 2.05) is 45.0 Å². The van der Waals surface area contributed by atoms with Crippen molar-refractivity contribution in [3.63, 3.8) is 0 Å². The number of fused-ring (bicyclic) bond motifs is 1. The number of ether oxygens (including phenoxy) is 1. The van der Waals surface area contributed by atoms with Gasteiger partial charge >= 0.3 is 5.97 Å². The van der Waals surface area contributed by atoms with Gasteiger partial charge in [0, 0.05) is 16.4 Å². The van der Waals surface area contributed by atoms with E-state index >= 15 is 0 Å². The number of aromatic nitrogens is 2. The lowest BCUT2D eigenvalue weighted by molar-refractivity contribution is 0.0660. The molecule has 31 heavy (non-hydrogen) atoms. The van der Waals surface area contributed by atoms with E-state index in [4.69, 9.17) is 19.2 Å². The van der Waals surface area contributed by atoms with E-state index in [1.54, 1.807) is 17.7 Å². The van der Waals surface area contributed by atoms with E-state index in [1.165, 1.54) is 17.4 Å². The Kier molecular flexibility index (Phi) is 5.41. The van der Waals surface area contributed by atoms with E-state index in [2.05, 4.69) is 0 Å². The zero-order valence-corrected chi connectivity index (χ0v) is 18.4. The van der Waals surface area contributed by atoms with Crippen LogP contribution in [0.1, 0.15) is 46.8 Å². The summed E-state index contributed by atoms with van der Waals surface area (Å²) in [6.07, 6.45) is 0. The second-order valence-electron chi connectivity index (χ2n) is 7.53. The van der Waals surface area contributed by atoms with Gasteiger partial charge < -0.3 is 14.3 Å². The van der Waals surface area contributed by atoms with Gasteiger partial charge in [-0.2, -0.15) is 0 Å². The van der Waals surface area contributed by atoms with Crippen LogP contribution in [0.3, 0.4) is 0 Å². The lowest BCUT2D eigenvalue weighted by atomic mass is 10.0. The summed E-state index contributed by atoms with van der Waals surface area (Å²) in [5.41, 5.74) is 1.55. The standard InChI is InChI=1S/C23H22N2O5S/c1-12(2)20-24-21-19(18(13(3)31-21)14-6-5-7-15(10-14)29-4)22(26)25(20)11-16-8-9-17(30-16)23(27)28/h5-10,12H,11H2,1-4H3,(H,27,28). The molecule has 0 atom stereocenters. The van der Waals surface area contributed by atoms with Crippen LogP contribution in [0.5, 0.6) is 5.75 Å². The zero-order valence-electron chi connectivity index (χ0n) is 17.6. The number of thiophene rings is 1. The maximum atomic E-state index is 13.7. The third-order valence-electron chi connectivity index (χ3n) is 5.08. The van der Waals surface area contributed by atoms with Crippen LogP contribution in [0.25, 0.3) is 21.3 Å². The van der Waals surface area contributed by atoms with E-state index in [9.17, 15) is 9.59 Å². The summed E-state index contributed by atoms with van der Waals surface area (Å²) in [5.74, 6) is 0.409. The van der Waals surface area contributed by atoms with E-state index in [0.717, 1.165) is 16.0 Å². The predicted molar refractivity (Wildman–Crippen MR) is 119 cm³/mol. The summed E-state index contributed by atoms with van der Waals surface area (Å²) >= 11 is 1.49. The summed E-state index contributed by atoms with van der Waals surface area (Å²) in [7, 11) is 1.61. The molecule has 0 fully saturated rings. The number of carboxylic acid groups (broad SMARTS) is 1. The summed E-state index contributed by atoms with van der Waals surface area (Å²) in [4.78, 5) is 31.4. The van der Waals surface area contributed by atoms with Gasteiger partial charge in [-0.25, -0.2) is 9.78 Å². The number of aryl methyl sites for hydroxylation is 1. The van der Waals surface area contributed by atoms with Gasteiger partial charge in [-0.15, -0.1) is 11.3 Å². The number of hydrogen-bond acceptors (Lipinski definition) is 6. The number of hydrogen-bond donors (Lipinski definition) is 1. The summed E-state index contributed by atoms with van der Waals surface area (Å²) in [6.45, 7) is 6.03. The number of nitrogens with zero attached hydrogens (tertiary/aromatic N) is 2. The van der Waals surface area contributed by atoms with Gasteiger partial charge in [0.15, 0.2) is 0 Å². The average molecular weight is 439 g/mol. The van der Waals surface area contributed by atoms with Crippen molar-refractivity contribution in [2.75, 3.05) is 7.11 Å². The molecule has 0 saturated carbocycles. The Morgan fingerprint density at radius 1 is 1.29 bits per heavy atom. The molecule has 0 bridgehead atoms. The van der Waals surface area contributed by atoms with Gasteiger partial charge in [0.05, 0.1) is 19.0 Å². The fourth-order valence-electron chi connectivity index (χ4n) is 3.66. The molecule has 0 unspecified atom stereocenters. The van der Waals surface area contributed by atoms with Crippen molar-refractivity contribution >= 4 is 27.5 Å². The molecule has 0 amide bonds. The fraction of sp³-hybridized carbons (Fsp3) is 0.261. The SMILES string of the molecule is COc1cccc(-c2c(C)sc3nc(C(C)C)n(Cc4ccc(C(=O)O)o4)c(=O)c23)c1. The minimum atomic E-state index is -1.15. The Hall–Kier alpha value is -3.39. The van der Waals surface area contributed by atoms with Crippen molar-refractivity contribution in [3.8, 4) is 16.9 Å². The first kappa shape index (κ1) is 20.9. The fourth-order valence-corrected chi connectivity index (χ4v) is 4.71. The summed E-state index contributed by atoms with van der Waals surface area (Å²) in [6, 6.07) is 10.6. The van der Waals surface area contributed by atoms with Gasteiger partial charge in [-0.05, 0) is 36.8 Å². The van der Waals surface area contributed by atoms with Crippen molar-refractivity contribution in [1.82, 2.24) is 9.55 Å². The molecule has 4 aromatic rings. The third-order valence-corrected chi connectivity index (χ3v) is 6.08. The summed E-state index contributed by atoms with van der Waals surface area (Å²) < 4.78 is 12.3. The largest absolute Gasteiger partial charge is 0.497 e. The Morgan fingerprint density at radius 2 is 2.06 bits per heavy atom. The van der Waals surface area contributed by atoms with Gasteiger partial charge in [-0.3, -0.25) is 9.36 Å². The molecule has 0 spiro atoms. The molecule has 0 radical (unpaired) electrons. The molecular formula is C23H22N2O5S. The number of carbonyl (C=O) groups is 1. The number of aromatic carboxylic acids is 1. The summed E-state index contributed by atoms with van der Waals surface area (Å²) in [5, 5.41) is 9.67. The van der Waals surface area contributed by atoms with Crippen molar-refractivity contribution < 1.29 is 19.1 Å². The molecule has 0 aliphatic rings. The number of carboxylic acids is 1. The lowest BCUT2D eigenvalue weighted by Crippen LogP contribution is -2.26. The van der Waals surface area contributed by atoms with Crippen LogP contribution in [0, 0.1) is 6.92 Å². The Labute approximate surface area is 182 Å². The monoisotopic (exact) mass is 438 g/mol. The maximum Gasteiger partial charge on any atom is 0.371 e. The Bertz CT molecular complexity index is 1350. The molecule has 3 aromatic heterocycles. The Balaban J connectivity index is 1.94. The maximum absolute atomic E-state index is 13.7. The van der Waals surface area contributed by atoms with E-state index in [-0.39, 0.29) is 23.8 Å². The molecule has 160 valence electrons. The smallest absolute Gasteiger partial charge is 0.371 e. The predicted octanol–water partition coefficient (Wildman–Crippen LogP) is 4.90. The van der Waals surface area contributed by atoms with Gasteiger partial charge in [0.25, 0.3) is 5.56 Å². The average Bonchev–Trinajstić information content (AvgIpc) is 3.34. The molecule has 0 saturated heterocycles. The van der Waals surface area contributed by atoms with Crippen LogP contribution in [0.15, 0.2) is 45.6 Å². The molecule has 1 N–H and O–H groups in total. The highest BCUT2D eigenvalue weighted by atomic mass is 32.1. The highest BCUT2D eigenvalue weighted by Crippen LogP contribution is 2.37. The van der Waals surface area contributed by atoms with Crippen LogP contribution in [0.4, 0.5) is 0 Å². The molecule has 3 heterocycles. The quantitative estimate of drug-likeness (QED) is 0.460. The first-order valence-corrected chi connectivity index (χ1v) is 10.6.